The Bertz CT molecular complexity index is 332. The fraction of sp³-hybridized carbons (Fsp3) is 0.667. The molecular formula is C12H16O3. The van der Waals surface area contributed by atoms with Crippen molar-refractivity contribution in [1.82, 2.24) is 0 Å². The molecule has 0 amide bonds. The van der Waals surface area contributed by atoms with E-state index >= 15 is 0 Å². The summed E-state index contributed by atoms with van der Waals surface area (Å²) in [6.45, 7) is 4.05. The van der Waals surface area contributed by atoms with Crippen molar-refractivity contribution in [3.05, 3.63) is 12.2 Å². The van der Waals surface area contributed by atoms with Crippen LogP contribution in [-0.4, -0.2) is 11.9 Å². The minimum atomic E-state index is -0.663. The quantitative estimate of drug-likeness (QED) is 0.396. The number of ether oxygens (including phenoxy) is 1. The maximum Gasteiger partial charge on any atom is 0.324 e. The number of allylic oxidation sites excluding steroid dienone is 1. The van der Waals surface area contributed by atoms with E-state index in [2.05, 4.69) is 0 Å². The summed E-state index contributed by atoms with van der Waals surface area (Å²) in [5.41, 5.74) is -0.663. The smallest absolute Gasteiger partial charge is 0.324 e. The number of carbonyl (C=O) groups excluding carboxylic acids is 2. The van der Waals surface area contributed by atoms with Crippen molar-refractivity contribution >= 4 is 11.9 Å². The van der Waals surface area contributed by atoms with Crippen LogP contribution in [0.25, 0.3) is 0 Å². The lowest BCUT2D eigenvalue weighted by Gasteiger charge is -2.34. The van der Waals surface area contributed by atoms with E-state index in [1.54, 1.807) is 0 Å². The normalized spacial score (nSPS) is 36.3. The summed E-state index contributed by atoms with van der Waals surface area (Å²) in [6.07, 6.45) is 6.39. The van der Waals surface area contributed by atoms with Crippen molar-refractivity contribution < 1.29 is 14.3 Å². The van der Waals surface area contributed by atoms with Gasteiger partial charge >= 0.3 is 11.9 Å². The lowest BCUT2D eigenvalue weighted by Crippen LogP contribution is -2.39. The maximum atomic E-state index is 11.8. The zero-order valence-corrected chi connectivity index (χ0v) is 9.16. The average Bonchev–Trinajstić information content (AvgIpc) is 2.52. The Hall–Kier alpha value is -1.12. The Labute approximate surface area is 89.5 Å². The van der Waals surface area contributed by atoms with Gasteiger partial charge in [-0.15, -0.1) is 0 Å². The summed E-state index contributed by atoms with van der Waals surface area (Å²) < 4.78 is 4.81. The second-order valence-corrected chi connectivity index (χ2v) is 4.48. The van der Waals surface area contributed by atoms with Gasteiger partial charge in [-0.1, -0.05) is 32.4 Å². The summed E-state index contributed by atoms with van der Waals surface area (Å²) in [7, 11) is 0. The van der Waals surface area contributed by atoms with Crippen LogP contribution in [0, 0.1) is 17.3 Å². The van der Waals surface area contributed by atoms with Crippen LogP contribution < -0.4 is 0 Å². The van der Waals surface area contributed by atoms with Crippen LogP contribution in [0.1, 0.15) is 33.1 Å². The van der Waals surface area contributed by atoms with Crippen molar-refractivity contribution in [3.8, 4) is 0 Å². The molecule has 0 aromatic carbocycles. The van der Waals surface area contributed by atoms with Gasteiger partial charge in [-0.25, -0.2) is 0 Å². The highest BCUT2D eigenvalue weighted by molar-refractivity contribution is 6.00. The summed E-state index contributed by atoms with van der Waals surface area (Å²) in [4.78, 5) is 23.4. The minimum absolute atomic E-state index is 0.165. The van der Waals surface area contributed by atoms with Crippen LogP contribution in [-0.2, 0) is 14.3 Å². The van der Waals surface area contributed by atoms with Crippen molar-refractivity contribution in [2.45, 2.75) is 33.1 Å². The van der Waals surface area contributed by atoms with Crippen LogP contribution in [0.15, 0.2) is 12.2 Å². The molecule has 0 bridgehead atoms. The SMILES string of the molecule is CCC(C)C12C=CCCC1C(=O)OC2=O. The largest absolute Gasteiger partial charge is 0.392 e. The molecule has 3 nitrogen and oxygen atoms in total. The van der Waals surface area contributed by atoms with Gasteiger partial charge in [0.25, 0.3) is 0 Å². The first-order chi connectivity index (χ1) is 7.13. The predicted octanol–water partition coefficient (Wildman–Crippen LogP) is 2.07. The average molecular weight is 208 g/mol. The van der Waals surface area contributed by atoms with Gasteiger partial charge < -0.3 is 4.74 Å². The van der Waals surface area contributed by atoms with Gasteiger partial charge in [0.2, 0.25) is 0 Å². The number of rotatable bonds is 2. The third-order valence-corrected chi connectivity index (χ3v) is 3.85. The maximum absolute atomic E-state index is 11.8. The first-order valence-corrected chi connectivity index (χ1v) is 5.56. The van der Waals surface area contributed by atoms with Gasteiger partial charge in [0.05, 0.1) is 5.92 Å². The Kier molecular flexibility index (Phi) is 2.41. The molecule has 2 rings (SSSR count). The molecule has 3 unspecified atom stereocenters. The second kappa shape index (κ2) is 3.47. The zero-order chi connectivity index (χ0) is 11.1. The van der Waals surface area contributed by atoms with E-state index in [9.17, 15) is 9.59 Å². The van der Waals surface area contributed by atoms with Crippen molar-refractivity contribution in [2.24, 2.45) is 17.3 Å². The molecule has 1 fully saturated rings. The summed E-state index contributed by atoms with van der Waals surface area (Å²) in [5, 5.41) is 0. The van der Waals surface area contributed by atoms with Crippen molar-refractivity contribution in [3.63, 3.8) is 0 Å². The monoisotopic (exact) mass is 208 g/mol. The van der Waals surface area contributed by atoms with Crippen molar-refractivity contribution in [1.29, 1.82) is 0 Å². The van der Waals surface area contributed by atoms with Crippen LogP contribution in [0.5, 0.6) is 0 Å². The molecular weight excluding hydrogens is 192 g/mol. The molecule has 3 heteroatoms. The molecule has 1 aliphatic carbocycles. The third kappa shape index (κ3) is 1.25. The van der Waals surface area contributed by atoms with Crippen LogP contribution in [0.2, 0.25) is 0 Å². The number of fused-ring (bicyclic) bond motifs is 1. The predicted molar refractivity (Wildman–Crippen MR) is 54.9 cm³/mol. The van der Waals surface area contributed by atoms with E-state index in [0.29, 0.717) is 0 Å². The van der Waals surface area contributed by atoms with Gasteiger partial charge in [0, 0.05) is 0 Å². The fourth-order valence-electron chi connectivity index (χ4n) is 2.72. The number of carbonyl (C=O) groups is 2. The Morgan fingerprint density at radius 3 is 3.00 bits per heavy atom. The van der Waals surface area contributed by atoms with Gasteiger partial charge in [-0.05, 0) is 18.8 Å². The molecule has 1 heterocycles. The highest BCUT2D eigenvalue weighted by atomic mass is 16.6. The molecule has 0 aromatic heterocycles. The number of cyclic esters (lactones) is 2. The fourth-order valence-corrected chi connectivity index (χ4v) is 2.72. The zero-order valence-electron chi connectivity index (χ0n) is 9.16. The Balaban J connectivity index is 2.46. The van der Waals surface area contributed by atoms with E-state index in [4.69, 9.17) is 4.74 Å². The molecule has 0 spiro atoms. The van der Waals surface area contributed by atoms with Crippen LogP contribution in [0.4, 0.5) is 0 Å². The minimum Gasteiger partial charge on any atom is -0.392 e. The van der Waals surface area contributed by atoms with Crippen molar-refractivity contribution in [2.75, 3.05) is 0 Å². The van der Waals surface area contributed by atoms with Gasteiger partial charge in [0.15, 0.2) is 0 Å². The van der Waals surface area contributed by atoms with E-state index < -0.39 is 5.41 Å². The topological polar surface area (TPSA) is 43.4 Å². The molecule has 0 N–H and O–H groups in total. The van der Waals surface area contributed by atoms with Crippen LogP contribution >= 0.6 is 0 Å². The van der Waals surface area contributed by atoms with Gasteiger partial charge in [-0.2, -0.15) is 0 Å². The number of hydrogen-bond donors (Lipinski definition) is 0. The lowest BCUT2D eigenvalue weighted by molar-refractivity contribution is -0.155. The molecule has 1 aliphatic heterocycles. The molecule has 0 aromatic rings. The summed E-state index contributed by atoms with van der Waals surface area (Å²) in [6, 6.07) is 0. The molecule has 1 saturated heterocycles. The molecule has 2 aliphatic rings. The van der Waals surface area contributed by atoms with Gasteiger partial charge in [0.1, 0.15) is 5.41 Å². The molecule has 3 atom stereocenters. The van der Waals surface area contributed by atoms with E-state index in [-0.39, 0.29) is 23.8 Å². The number of hydrogen-bond acceptors (Lipinski definition) is 3. The lowest BCUT2D eigenvalue weighted by atomic mass is 9.64. The first-order valence-electron chi connectivity index (χ1n) is 5.56. The highest BCUT2D eigenvalue weighted by Crippen LogP contribution is 2.49. The third-order valence-electron chi connectivity index (χ3n) is 3.85. The van der Waals surface area contributed by atoms with E-state index in [1.165, 1.54) is 0 Å². The summed E-state index contributed by atoms with van der Waals surface area (Å²) >= 11 is 0. The Morgan fingerprint density at radius 1 is 1.60 bits per heavy atom. The molecule has 0 saturated carbocycles. The standard InChI is InChI=1S/C12H16O3/c1-3-8(2)12-7-5-4-6-9(12)10(13)15-11(12)14/h5,7-9H,3-4,6H2,1-2H3. The van der Waals surface area contributed by atoms with Crippen LogP contribution in [0.3, 0.4) is 0 Å². The first kappa shape index (κ1) is 10.4. The molecule has 15 heavy (non-hydrogen) atoms. The van der Waals surface area contributed by atoms with E-state index in [0.717, 1.165) is 19.3 Å². The highest BCUT2D eigenvalue weighted by Gasteiger charge is 2.58. The summed E-state index contributed by atoms with van der Waals surface area (Å²) in [5.74, 6) is -0.754. The van der Waals surface area contributed by atoms with E-state index in [1.807, 2.05) is 26.0 Å². The Morgan fingerprint density at radius 2 is 2.33 bits per heavy atom. The molecule has 82 valence electrons. The second-order valence-electron chi connectivity index (χ2n) is 4.48. The molecule has 0 radical (unpaired) electrons. The van der Waals surface area contributed by atoms with Gasteiger partial charge in [-0.3, -0.25) is 9.59 Å². The number of esters is 2.